The van der Waals surface area contributed by atoms with E-state index >= 15 is 0 Å². The van der Waals surface area contributed by atoms with Crippen molar-refractivity contribution in [1.82, 2.24) is 5.32 Å². The monoisotopic (exact) mass is 361 g/mol. The highest BCUT2D eigenvalue weighted by Gasteiger charge is 2.35. The van der Waals surface area contributed by atoms with Crippen LogP contribution in [0.3, 0.4) is 0 Å². The number of nitrogens with one attached hydrogen (secondary N) is 1. The lowest BCUT2D eigenvalue weighted by molar-refractivity contribution is -0.145. The quantitative estimate of drug-likeness (QED) is 0.807. The number of amides is 1. The van der Waals surface area contributed by atoms with Crippen molar-refractivity contribution in [3.8, 4) is 0 Å². The number of sulfone groups is 1. The minimum atomic E-state index is -4.69. The number of hydrogen-bond acceptors (Lipinski definition) is 5. The van der Waals surface area contributed by atoms with Gasteiger partial charge in [0.05, 0.1) is 17.9 Å². The van der Waals surface area contributed by atoms with Crippen LogP contribution in [0.1, 0.15) is 29.6 Å². The number of benzene rings is 1. The maximum atomic E-state index is 12.5. The Hall–Kier alpha value is -2.03. The molecule has 0 aromatic heterocycles. The minimum Gasteiger partial charge on any atom is -0.469 e. The van der Waals surface area contributed by atoms with E-state index in [1.165, 1.54) is 7.11 Å². The molecule has 24 heavy (non-hydrogen) atoms. The smallest absolute Gasteiger partial charge is 0.341 e. The molecule has 0 aliphatic heterocycles. The first-order valence-electron chi connectivity index (χ1n) is 7.28. The van der Waals surface area contributed by atoms with Gasteiger partial charge in [0.1, 0.15) is 0 Å². The molecule has 1 aromatic rings. The lowest BCUT2D eigenvalue weighted by Gasteiger charge is -2.19. The number of esters is 1. The molecular weight excluding hydrogens is 344 g/mol. The summed E-state index contributed by atoms with van der Waals surface area (Å²) in [6.45, 7) is 0. The zero-order valence-electron chi connectivity index (χ0n) is 12.9. The van der Waals surface area contributed by atoms with Crippen LogP contribution >= 0.6 is 0 Å². The fourth-order valence-electron chi connectivity index (χ4n) is 2.72. The molecule has 2 atom stereocenters. The summed E-state index contributed by atoms with van der Waals surface area (Å²) in [7, 11) is -3.41. The maximum Gasteiger partial charge on any atom is 0.341 e. The topological polar surface area (TPSA) is 89.5 Å². The molecule has 0 heterocycles. The van der Waals surface area contributed by atoms with Gasteiger partial charge in [0, 0.05) is 11.6 Å². The van der Waals surface area contributed by atoms with E-state index in [1.807, 2.05) is 0 Å². The Kier molecular flexibility index (Phi) is 5.53. The molecule has 1 aliphatic carbocycles. The largest absolute Gasteiger partial charge is 0.469 e. The van der Waals surface area contributed by atoms with Gasteiger partial charge in [-0.3, -0.25) is 9.59 Å². The average molecular weight is 361 g/mol. The number of alkyl halides is 2. The van der Waals surface area contributed by atoms with Crippen molar-refractivity contribution in [3.05, 3.63) is 29.8 Å². The molecule has 1 aromatic carbocycles. The number of hydrogen-bond donors (Lipinski definition) is 1. The number of rotatable bonds is 5. The van der Waals surface area contributed by atoms with Crippen LogP contribution in [-0.4, -0.2) is 39.2 Å². The molecule has 2 rings (SSSR count). The van der Waals surface area contributed by atoms with E-state index in [0.29, 0.717) is 12.8 Å². The summed E-state index contributed by atoms with van der Waals surface area (Å²) in [6, 6.07) is 3.87. The van der Waals surface area contributed by atoms with Crippen LogP contribution in [0.15, 0.2) is 29.2 Å². The summed E-state index contributed by atoms with van der Waals surface area (Å²) in [4.78, 5) is 23.3. The second-order valence-corrected chi connectivity index (χ2v) is 7.39. The molecule has 1 aliphatic rings. The maximum absolute atomic E-state index is 12.5. The summed E-state index contributed by atoms with van der Waals surface area (Å²) in [5.74, 6) is -4.83. The van der Waals surface area contributed by atoms with Gasteiger partial charge in [-0.05, 0) is 37.1 Å². The summed E-state index contributed by atoms with van der Waals surface area (Å²) >= 11 is 0. The van der Waals surface area contributed by atoms with Crippen molar-refractivity contribution >= 4 is 21.7 Å². The first-order chi connectivity index (χ1) is 11.3. The minimum absolute atomic E-state index is 0.124. The molecule has 0 unspecified atom stereocenters. The SMILES string of the molecule is COC(=O)[C@@H]1CCC[C@@H]1NC(=O)c1ccc(S(=O)(=O)C(F)F)cc1. The normalized spacial score (nSPS) is 20.8. The van der Waals surface area contributed by atoms with Gasteiger partial charge in [-0.15, -0.1) is 0 Å². The molecule has 0 radical (unpaired) electrons. The van der Waals surface area contributed by atoms with Gasteiger partial charge in [0.25, 0.3) is 5.91 Å². The Morgan fingerprint density at radius 3 is 2.38 bits per heavy atom. The van der Waals surface area contributed by atoms with Gasteiger partial charge >= 0.3 is 11.7 Å². The van der Waals surface area contributed by atoms with Crippen LogP contribution in [0.2, 0.25) is 0 Å². The first kappa shape index (κ1) is 18.3. The Morgan fingerprint density at radius 2 is 1.83 bits per heavy atom. The molecule has 1 N–H and O–H groups in total. The molecule has 0 bridgehead atoms. The Labute approximate surface area is 138 Å². The third kappa shape index (κ3) is 3.72. The van der Waals surface area contributed by atoms with Gasteiger partial charge in [-0.1, -0.05) is 6.42 Å². The van der Waals surface area contributed by atoms with E-state index in [2.05, 4.69) is 5.32 Å². The van der Waals surface area contributed by atoms with Crippen molar-refractivity contribution in [2.24, 2.45) is 5.92 Å². The Morgan fingerprint density at radius 1 is 1.21 bits per heavy atom. The van der Waals surface area contributed by atoms with E-state index in [-0.39, 0.29) is 11.6 Å². The predicted molar refractivity (Wildman–Crippen MR) is 80.2 cm³/mol. The second kappa shape index (κ2) is 7.25. The van der Waals surface area contributed by atoms with Crippen LogP contribution in [0, 0.1) is 5.92 Å². The Balaban J connectivity index is 2.09. The zero-order valence-corrected chi connectivity index (χ0v) is 13.7. The van der Waals surface area contributed by atoms with E-state index in [9.17, 15) is 26.8 Å². The predicted octanol–water partition coefficient (Wildman–Crippen LogP) is 1.75. The van der Waals surface area contributed by atoms with Crippen LogP contribution in [0.25, 0.3) is 0 Å². The summed E-state index contributed by atoms with van der Waals surface area (Å²) in [5.41, 5.74) is 0.124. The molecule has 132 valence electrons. The van der Waals surface area contributed by atoms with Crippen LogP contribution in [0.5, 0.6) is 0 Å². The molecule has 1 amide bonds. The van der Waals surface area contributed by atoms with Crippen molar-refractivity contribution in [2.45, 2.75) is 36.0 Å². The van der Waals surface area contributed by atoms with Crippen molar-refractivity contribution in [1.29, 1.82) is 0 Å². The number of methoxy groups -OCH3 is 1. The molecule has 0 spiro atoms. The van der Waals surface area contributed by atoms with Gasteiger partial charge in [0.15, 0.2) is 0 Å². The number of carbonyl (C=O) groups excluding carboxylic acids is 2. The highest BCUT2D eigenvalue weighted by molar-refractivity contribution is 7.91. The van der Waals surface area contributed by atoms with E-state index in [4.69, 9.17) is 4.74 Å². The third-order valence-corrected chi connectivity index (χ3v) is 5.41. The lowest BCUT2D eigenvalue weighted by Crippen LogP contribution is -2.40. The van der Waals surface area contributed by atoms with E-state index in [1.54, 1.807) is 0 Å². The summed E-state index contributed by atoms with van der Waals surface area (Å²) < 4.78 is 52.3. The van der Waals surface area contributed by atoms with Crippen LogP contribution in [0.4, 0.5) is 8.78 Å². The van der Waals surface area contributed by atoms with E-state index in [0.717, 1.165) is 30.7 Å². The van der Waals surface area contributed by atoms with Crippen molar-refractivity contribution < 1.29 is 31.5 Å². The second-order valence-electron chi connectivity index (χ2n) is 5.47. The van der Waals surface area contributed by atoms with Gasteiger partial charge < -0.3 is 10.1 Å². The van der Waals surface area contributed by atoms with Gasteiger partial charge in [-0.25, -0.2) is 8.42 Å². The van der Waals surface area contributed by atoms with Crippen molar-refractivity contribution in [3.63, 3.8) is 0 Å². The summed E-state index contributed by atoms with van der Waals surface area (Å²) in [6.07, 6.45) is 2.02. The van der Waals surface area contributed by atoms with Gasteiger partial charge in [0.2, 0.25) is 9.84 Å². The van der Waals surface area contributed by atoms with Crippen molar-refractivity contribution in [2.75, 3.05) is 7.11 Å². The fourth-order valence-corrected chi connectivity index (χ4v) is 3.44. The van der Waals surface area contributed by atoms with Crippen LogP contribution < -0.4 is 5.32 Å². The zero-order chi connectivity index (χ0) is 17.9. The molecule has 6 nitrogen and oxygen atoms in total. The number of halogens is 2. The highest BCUT2D eigenvalue weighted by atomic mass is 32.2. The summed E-state index contributed by atoms with van der Waals surface area (Å²) in [5, 5.41) is 2.70. The average Bonchev–Trinajstić information content (AvgIpc) is 3.02. The molecule has 0 saturated heterocycles. The van der Waals surface area contributed by atoms with Crippen LogP contribution in [-0.2, 0) is 19.4 Å². The van der Waals surface area contributed by atoms with Gasteiger partial charge in [-0.2, -0.15) is 8.78 Å². The fraction of sp³-hybridized carbons (Fsp3) is 0.467. The standard InChI is InChI=1S/C15H17F2NO5S/c1-23-14(20)11-3-2-4-12(11)18-13(19)9-5-7-10(8-6-9)24(21,22)15(16)17/h5-8,11-12,15H,2-4H2,1H3,(H,18,19)/t11-,12+/m1/s1. The van der Waals surface area contributed by atoms with E-state index < -0.39 is 38.3 Å². The molecule has 1 saturated carbocycles. The lowest BCUT2D eigenvalue weighted by atomic mass is 10.0. The first-order valence-corrected chi connectivity index (χ1v) is 8.83. The molecular formula is C15H17F2NO5S. The highest BCUT2D eigenvalue weighted by Crippen LogP contribution is 2.27. The Bertz CT molecular complexity index is 718. The molecule has 9 heteroatoms. The number of carbonyl (C=O) groups is 2. The third-order valence-electron chi connectivity index (χ3n) is 4.02. The molecule has 1 fully saturated rings. The number of ether oxygens (including phenoxy) is 1.